The van der Waals surface area contributed by atoms with Crippen molar-refractivity contribution in [3.05, 3.63) is 17.7 Å². The Kier molecular flexibility index (Phi) is 2.36. The second-order valence-corrected chi connectivity index (χ2v) is 4.04. The third-order valence-corrected chi connectivity index (χ3v) is 3.09. The van der Waals surface area contributed by atoms with Gasteiger partial charge in [0.15, 0.2) is 11.5 Å². The predicted octanol–water partition coefficient (Wildman–Crippen LogP) is 1.31. The van der Waals surface area contributed by atoms with Gasteiger partial charge in [-0.25, -0.2) is 4.79 Å². The zero-order valence-electron chi connectivity index (χ0n) is 10.2. The number of nitrogens with one attached hydrogen (secondary N) is 1. The molecular formula is C12H13N3O3. The van der Waals surface area contributed by atoms with Crippen LogP contribution < -0.4 is 14.8 Å². The second-order valence-electron chi connectivity index (χ2n) is 4.04. The van der Waals surface area contributed by atoms with Gasteiger partial charge in [-0.3, -0.25) is 9.89 Å². The van der Waals surface area contributed by atoms with Gasteiger partial charge in [-0.1, -0.05) is 0 Å². The topological polar surface area (TPSA) is 63.2 Å². The summed E-state index contributed by atoms with van der Waals surface area (Å²) < 4.78 is 10.5. The first-order valence-corrected chi connectivity index (χ1v) is 5.64. The molecule has 1 N–H and O–H groups in total. The van der Waals surface area contributed by atoms with Gasteiger partial charge >= 0.3 is 6.03 Å². The van der Waals surface area contributed by atoms with Gasteiger partial charge in [0.05, 0.1) is 26.5 Å². The molecule has 2 aliphatic rings. The van der Waals surface area contributed by atoms with Crippen LogP contribution in [0.4, 0.5) is 10.5 Å². The molecule has 18 heavy (non-hydrogen) atoms. The van der Waals surface area contributed by atoms with E-state index in [2.05, 4.69) is 10.3 Å². The van der Waals surface area contributed by atoms with Gasteiger partial charge < -0.3 is 14.8 Å². The summed E-state index contributed by atoms with van der Waals surface area (Å²) in [6.07, 6.45) is 0. The molecule has 1 aromatic carbocycles. The predicted molar refractivity (Wildman–Crippen MR) is 66.7 cm³/mol. The van der Waals surface area contributed by atoms with Crippen molar-refractivity contribution in [1.29, 1.82) is 0 Å². The number of benzene rings is 1. The summed E-state index contributed by atoms with van der Waals surface area (Å²) in [4.78, 5) is 17.9. The number of hydrogen-bond donors (Lipinski definition) is 1. The lowest BCUT2D eigenvalue weighted by Crippen LogP contribution is -2.42. The molecule has 0 aliphatic carbocycles. The van der Waals surface area contributed by atoms with Crippen LogP contribution >= 0.6 is 0 Å². The average Bonchev–Trinajstić information content (AvgIpc) is 2.87. The maximum Gasteiger partial charge on any atom is 0.327 e. The van der Waals surface area contributed by atoms with Crippen LogP contribution in [0.15, 0.2) is 17.1 Å². The highest BCUT2D eigenvalue weighted by molar-refractivity contribution is 6.19. The van der Waals surface area contributed by atoms with Crippen molar-refractivity contribution in [1.82, 2.24) is 4.90 Å². The molecule has 0 fully saturated rings. The number of rotatable bonds is 2. The molecule has 0 radical (unpaired) electrons. The van der Waals surface area contributed by atoms with Crippen molar-refractivity contribution >= 4 is 17.6 Å². The summed E-state index contributed by atoms with van der Waals surface area (Å²) in [5, 5.41) is 2.83. The summed E-state index contributed by atoms with van der Waals surface area (Å²) in [7, 11) is 3.15. The Labute approximate surface area is 104 Å². The standard InChI is InChI=1S/C12H13N3O3/c1-17-9-5-7-8(6-10(9)18-2)14-12(16)15-4-3-13-11(7)15/h5-6H,3-4H2,1-2H3,(H,14,16). The van der Waals surface area contributed by atoms with E-state index in [0.717, 1.165) is 5.56 Å². The normalized spacial score (nSPS) is 16.7. The zero-order chi connectivity index (χ0) is 12.7. The van der Waals surface area contributed by atoms with Gasteiger partial charge in [0.25, 0.3) is 0 Å². The zero-order valence-corrected chi connectivity index (χ0v) is 10.2. The third-order valence-electron chi connectivity index (χ3n) is 3.09. The Morgan fingerprint density at radius 1 is 1.28 bits per heavy atom. The van der Waals surface area contributed by atoms with Gasteiger partial charge in [0.2, 0.25) is 0 Å². The van der Waals surface area contributed by atoms with Crippen molar-refractivity contribution in [2.45, 2.75) is 0 Å². The molecule has 0 bridgehead atoms. The van der Waals surface area contributed by atoms with Gasteiger partial charge in [-0.2, -0.15) is 0 Å². The number of hydrogen-bond acceptors (Lipinski definition) is 4. The van der Waals surface area contributed by atoms with Crippen LogP contribution in [0.5, 0.6) is 11.5 Å². The number of ether oxygens (including phenoxy) is 2. The quantitative estimate of drug-likeness (QED) is 0.857. The van der Waals surface area contributed by atoms with E-state index in [1.165, 1.54) is 0 Å². The number of amides is 2. The number of carbonyl (C=O) groups excluding carboxylic acids is 1. The Balaban J connectivity index is 2.16. The summed E-state index contributed by atoms with van der Waals surface area (Å²) in [6, 6.07) is 3.45. The van der Waals surface area contributed by atoms with Crippen LogP contribution in [-0.2, 0) is 0 Å². The number of fused-ring (bicyclic) bond motifs is 3. The van der Waals surface area contributed by atoms with E-state index in [1.54, 1.807) is 25.2 Å². The first-order valence-electron chi connectivity index (χ1n) is 5.64. The Hall–Kier alpha value is -2.24. The van der Waals surface area contributed by atoms with E-state index in [-0.39, 0.29) is 6.03 Å². The van der Waals surface area contributed by atoms with Gasteiger partial charge in [-0.15, -0.1) is 0 Å². The number of nitrogens with zero attached hydrogens (tertiary/aromatic N) is 2. The lowest BCUT2D eigenvalue weighted by atomic mass is 10.1. The summed E-state index contributed by atoms with van der Waals surface area (Å²) in [5.41, 5.74) is 1.57. The minimum atomic E-state index is -0.147. The van der Waals surface area contributed by atoms with Crippen molar-refractivity contribution < 1.29 is 14.3 Å². The third kappa shape index (κ3) is 1.42. The van der Waals surface area contributed by atoms with Crippen LogP contribution in [0.3, 0.4) is 0 Å². The number of urea groups is 1. The molecule has 94 valence electrons. The minimum Gasteiger partial charge on any atom is -0.493 e. The summed E-state index contributed by atoms with van der Waals surface area (Å²) >= 11 is 0. The fourth-order valence-electron chi connectivity index (χ4n) is 2.23. The van der Waals surface area contributed by atoms with Gasteiger partial charge in [0.1, 0.15) is 5.84 Å². The van der Waals surface area contributed by atoms with Crippen molar-refractivity contribution in [3.63, 3.8) is 0 Å². The highest BCUT2D eigenvalue weighted by atomic mass is 16.5. The Bertz CT molecular complexity index is 554. The molecule has 0 unspecified atom stereocenters. The molecule has 0 aromatic heterocycles. The number of aliphatic imine (C=N–C) groups is 1. The van der Waals surface area contributed by atoms with E-state index in [9.17, 15) is 4.79 Å². The fraction of sp³-hybridized carbons (Fsp3) is 0.333. The first-order chi connectivity index (χ1) is 8.74. The van der Waals surface area contributed by atoms with Crippen molar-refractivity contribution in [2.24, 2.45) is 4.99 Å². The van der Waals surface area contributed by atoms with E-state index >= 15 is 0 Å². The summed E-state index contributed by atoms with van der Waals surface area (Å²) in [5.74, 6) is 1.92. The number of amidine groups is 1. The van der Waals surface area contributed by atoms with Crippen LogP contribution in [0.2, 0.25) is 0 Å². The minimum absolute atomic E-state index is 0.147. The first kappa shape index (κ1) is 10.9. The molecule has 3 rings (SSSR count). The monoisotopic (exact) mass is 247 g/mol. The molecule has 2 amide bonds. The van der Waals surface area contributed by atoms with Gasteiger partial charge in [-0.05, 0) is 6.07 Å². The van der Waals surface area contributed by atoms with Crippen LogP contribution in [0, 0.1) is 0 Å². The highest BCUT2D eigenvalue weighted by Crippen LogP contribution is 2.36. The average molecular weight is 247 g/mol. The van der Waals surface area contributed by atoms with Crippen LogP contribution in [-0.4, -0.2) is 44.1 Å². The van der Waals surface area contributed by atoms with E-state index in [1.807, 2.05) is 6.07 Å². The van der Waals surface area contributed by atoms with E-state index in [0.29, 0.717) is 36.1 Å². The second kappa shape index (κ2) is 3.90. The number of anilines is 1. The molecule has 2 heterocycles. The molecule has 0 saturated carbocycles. The van der Waals surface area contributed by atoms with Gasteiger partial charge in [0, 0.05) is 18.2 Å². The molecule has 6 heteroatoms. The molecule has 6 nitrogen and oxygen atoms in total. The van der Waals surface area contributed by atoms with Crippen LogP contribution in [0.25, 0.3) is 0 Å². The lowest BCUT2D eigenvalue weighted by molar-refractivity contribution is 0.235. The molecule has 2 aliphatic heterocycles. The molecule has 0 spiro atoms. The molecule has 0 saturated heterocycles. The van der Waals surface area contributed by atoms with Crippen molar-refractivity contribution in [2.75, 3.05) is 32.6 Å². The summed E-state index contributed by atoms with van der Waals surface area (Å²) in [6.45, 7) is 1.26. The number of carbonyl (C=O) groups is 1. The maximum atomic E-state index is 11.9. The highest BCUT2D eigenvalue weighted by Gasteiger charge is 2.32. The lowest BCUT2D eigenvalue weighted by Gasteiger charge is -2.27. The SMILES string of the molecule is COc1cc2c(cc1OC)C1=NCCN1C(=O)N2. The van der Waals surface area contributed by atoms with E-state index < -0.39 is 0 Å². The maximum absolute atomic E-state index is 11.9. The Morgan fingerprint density at radius 3 is 2.72 bits per heavy atom. The smallest absolute Gasteiger partial charge is 0.327 e. The molecular weight excluding hydrogens is 234 g/mol. The van der Waals surface area contributed by atoms with Crippen molar-refractivity contribution in [3.8, 4) is 11.5 Å². The van der Waals surface area contributed by atoms with Crippen LogP contribution in [0.1, 0.15) is 5.56 Å². The molecule has 1 aromatic rings. The molecule has 0 atom stereocenters. The number of methoxy groups -OCH3 is 2. The fourth-order valence-corrected chi connectivity index (χ4v) is 2.23. The van der Waals surface area contributed by atoms with E-state index in [4.69, 9.17) is 9.47 Å². The Morgan fingerprint density at radius 2 is 2.00 bits per heavy atom. The largest absolute Gasteiger partial charge is 0.493 e.